The van der Waals surface area contributed by atoms with Crippen molar-refractivity contribution >= 4 is 11.6 Å². The van der Waals surface area contributed by atoms with Crippen molar-refractivity contribution in [2.45, 2.75) is 13.5 Å². The number of benzene rings is 1. The predicted molar refractivity (Wildman–Crippen MR) is 70.1 cm³/mol. The maximum Gasteiger partial charge on any atom is 0.253 e. The molecule has 0 atom stereocenters. The Bertz CT molecular complexity index is 587. The number of halogens is 1. The lowest BCUT2D eigenvalue weighted by molar-refractivity contribution is 0.996. The number of rotatable bonds is 2. The Morgan fingerprint density at radius 1 is 1.29 bits per heavy atom. The highest BCUT2D eigenvalue weighted by atomic mass is 35.5. The molecule has 0 bridgehead atoms. The van der Waals surface area contributed by atoms with Crippen molar-refractivity contribution in [1.82, 2.24) is 4.98 Å². The zero-order valence-electron chi connectivity index (χ0n) is 9.46. The molecule has 0 aliphatic heterocycles. The molecule has 0 saturated heterocycles. The zero-order valence-corrected chi connectivity index (χ0v) is 10.2. The highest BCUT2D eigenvalue weighted by Crippen LogP contribution is 2.20. The van der Waals surface area contributed by atoms with Crippen molar-refractivity contribution in [2.24, 2.45) is 5.73 Å². The summed E-state index contributed by atoms with van der Waals surface area (Å²) in [6.07, 6.45) is 0. The van der Waals surface area contributed by atoms with E-state index in [-0.39, 0.29) is 12.1 Å². The van der Waals surface area contributed by atoms with Crippen LogP contribution in [0, 0.1) is 6.92 Å². The van der Waals surface area contributed by atoms with Gasteiger partial charge in [0, 0.05) is 22.8 Å². The normalized spacial score (nSPS) is 10.5. The Hall–Kier alpha value is -1.58. The molecule has 1 aromatic heterocycles. The fraction of sp³-hybridized carbons (Fsp3) is 0.154. The fourth-order valence-corrected chi connectivity index (χ4v) is 1.88. The monoisotopic (exact) mass is 248 g/mol. The van der Waals surface area contributed by atoms with Gasteiger partial charge in [-0.3, -0.25) is 4.79 Å². The van der Waals surface area contributed by atoms with E-state index in [1.807, 2.05) is 25.1 Å². The lowest BCUT2D eigenvalue weighted by atomic mass is 10.1. The summed E-state index contributed by atoms with van der Waals surface area (Å²) < 4.78 is 0. The molecule has 1 aromatic carbocycles. The van der Waals surface area contributed by atoms with Crippen molar-refractivity contribution in [3.05, 3.63) is 56.8 Å². The SMILES string of the molecule is Cc1cc(-c2ccc(Cl)cc2)[nH]c(=O)c1CN. The van der Waals surface area contributed by atoms with Crippen LogP contribution in [0.1, 0.15) is 11.1 Å². The molecule has 0 saturated carbocycles. The molecule has 0 aliphatic rings. The Morgan fingerprint density at radius 2 is 1.94 bits per heavy atom. The number of H-pyrrole nitrogens is 1. The molecule has 0 fully saturated rings. The summed E-state index contributed by atoms with van der Waals surface area (Å²) >= 11 is 5.82. The molecule has 2 aromatic rings. The molecule has 0 unspecified atom stereocenters. The Labute approximate surface area is 104 Å². The largest absolute Gasteiger partial charge is 0.326 e. The first-order valence-corrected chi connectivity index (χ1v) is 5.68. The molecule has 3 N–H and O–H groups in total. The van der Waals surface area contributed by atoms with E-state index in [2.05, 4.69) is 4.98 Å². The van der Waals surface area contributed by atoms with Crippen LogP contribution in [0.5, 0.6) is 0 Å². The van der Waals surface area contributed by atoms with Gasteiger partial charge < -0.3 is 10.7 Å². The second kappa shape index (κ2) is 4.73. The second-order valence-electron chi connectivity index (χ2n) is 3.88. The van der Waals surface area contributed by atoms with Gasteiger partial charge in [-0.05, 0) is 36.2 Å². The minimum atomic E-state index is -0.127. The molecule has 4 heteroatoms. The Kier molecular flexibility index (Phi) is 3.31. The minimum absolute atomic E-state index is 0.127. The highest BCUT2D eigenvalue weighted by molar-refractivity contribution is 6.30. The molecule has 0 spiro atoms. The smallest absolute Gasteiger partial charge is 0.253 e. The second-order valence-corrected chi connectivity index (χ2v) is 4.32. The molecule has 17 heavy (non-hydrogen) atoms. The van der Waals surface area contributed by atoms with E-state index in [0.717, 1.165) is 16.8 Å². The van der Waals surface area contributed by atoms with Crippen LogP contribution in [-0.2, 0) is 6.54 Å². The standard InChI is InChI=1S/C13H13ClN2O/c1-8-6-12(16-13(17)11(8)7-15)9-2-4-10(14)5-3-9/h2-6H,7,15H2,1H3,(H,16,17). The van der Waals surface area contributed by atoms with Gasteiger partial charge in [-0.15, -0.1) is 0 Å². The third-order valence-corrected chi connectivity index (χ3v) is 2.97. The van der Waals surface area contributed by atoms with E-state index in [9.17, 15) is 4.79 Å². The first kappa shape index (κ1) is 11.9. The van der Waals surface area contributed by atoms with E-state index in [4.69, 9.17) is 17.3 Å². The molecule has 0 amide bonds. The van der Waals surface area contributed by atoms with Crippen LogP contribution in [0.3, 0.4) is 0 Å². The fourth-order valence-electron chi connectivity index (χ4n) is 1.76. The van der Waals surface area contributed by atoms with Gasteiger partial charge in [0.2, 0.25) is 0 Å². The average Bonchev–Trinajstić information content (AvgIpc) is 2.29. The molecule has 2 rings (SSSR count). The molecule has 0 aliphatic carbocycles. The number of aryl methyl sites for hydroxylation is 1. The van der Waals surface area contributed by atoms with Gasteiger partial charge in [0.1, 0.15) is 0 Å². The number of aromatic nitrogens is 1. The van der Waals surface area contributed by atoms with Gasteiger partial charge in [0.15, 0.2) is 0 Å². The summed E-state index contributed by atoms with van der Waals surface area (Å²) in [7, 11) is 0. The van der Waals surface area contributed by atoms with Crippen LogP contribution in [-0.4, -0.2) is 4.98 Å². The quantitative estimate of drug-likeness (QED) is 0.858. The average molecular weight is 249 g/mol. The summed E-state index contributed by atoms with van der Waals surface area (Å²) in [6, 6.07) is 9.25. The van der Waals surface area contributed by atoms with Crippen LogP contribution in [0.25, 0.3) is 11.3 Å². The van der Waals surface area contributed by atoms with Crippen molar-refractivity contribution in [3.8, 4) is 11.3 Å². The number of hydrogen-bond donors (Lipinski definition) is 2. The van der Waals surface area contributed by atoms with E-state index >= 15 is 0 Å². The van der Waals surface area contributed by atoms with Gasteiger partial charge in [-0.2, -0.15) is 0 Å². The summed E-state index contributed by atoms with van der Waals surface area (Å²) in [5, 5.41) is 0.673. The summed E-state index contributed by atoms with van der Waals surface area (Å²) in [4.78, 5) is 14.6. The Balaban J connectivity index is 2.54. The number of aromatic amines is 1. The van der Waals surface area contributed by atoms with Crippen molar-refractivity contribution in [2.75, 3.05) is 0 Å². The number of pyridine rings is 1. The minimum Gasteiger partial charge on any atom is -0.326 e. The van der Waals surface area contributed by atoms with Gasteiger partial charge in [0.05, 0.1) is 0 Å². The Morgan fingerprint density at radius 3 is 2.47 bits per heavy atom. The third kappa shape index (κ3) is 2.40. The molecular weight excluding hydrogens is 236 g/mol. The van der Waals surface area contributed by atoms with Gasteiger partial charge in [0.25, 0.3) is 5.56 Å². The zero-order chi connectivity index (χ0) is 12.4. The van der Waals surface area contributed by atoms with E-state index < -0.39 is 0 Å². The molecule has 0 radical (unpaired) electrons. The topological polar surface area (TPSA) is 58.9 Å². The first-order valence-electron chi connectivity index (χ1n) is 5.30. The number of nitrogens with two attached hydrogens (primary N) is 1. The van der Waals surface area contributed by atoms with Crippen LogP contribution < -0.4 is 11.3 Å². The summed E-state index contributed by atoms with van der Waals surface area (Å²) in [6.45, 7) is 2.14. The third-order valence-electron chi connectivity index (χ3n) is 2.72. The molecular formula is C13H13ClN2O. The molecule has 88 valence electrons. The first-order chi connectivity index (χ1) is 8.11. The molecule has 1 heterocycles. The maximum absolute atomic E-state index is 11.8. The molecule has 3 nitrogen and oxygen atoms in total. The van der Waals surface area contributed by atoms with Crippen LogP contribution in [0.15, 0.2) is 35.1 Å². The van der Waals surface area contributed by atoms with Crippen LogP contribution in [0.4, 0.5) is 0 Å². The summed E-state index contributed by atoms with van der Waals surface area (Å²) in [5.41, 5.74) is 8.63. The lowest BCUT2D eigenvalue weighted by Gasteiger charge is -2.06. The van der Waals surface area contributed by atoms with Crippen molar-refractivity contribution in [3.63, 3.8) is 0 Å². The lowest BCUT2D eigenvalue weighted by Crippen LogP contribution is -2.18. The van der Waals surface area contributed by atoms with E-state index in [1.54, 1.807) is 12.1 Å². The summed E-state index contributed by atoms with van der Waals surface area (Å²) in [5.74, 6) is 0. The van der Waals surface area contributed by atoms with Crippen molar-refractivity contribution < 1.29 is 0 Å². The van der Waals surface area contributed by atoms with Crippen LogP contribution in [0.2, 0.25) is 5.02 Å². The van der Waals surface area contributed by atoms with E-state index in [1.165, 1.54) is 0 Å². The van der Waals surface area contributed by atoms with Gasteiger partial charge in [-0.25, -0.2) is 0 Å². The predicted octanol–water partition coefficient (Wildman–Crippen LogP) is 2.46. The van der Waals surface area contributed by atoms with E-state index in [0.29, 0.717) is 10.6 Å². The maximum atomic E-state index is 11.8. The van der Waals surface area contributed by atoms with Gasteiger partial charge in [-0.1, -0.05) is 23.7 Å². The number of hydrogen-bond acceptors (Lipinski definition) is 2. The van der Waals surface area contributed by atoms with Gasteiger partial charge >= 0.3 is 0 Å². The van der Waals surface area contributed by atoms with Crippen molar-refractivity contribution in [1.29, 1.82) is 0 Å². The highest BCUT2D eigenvalue weighted by Gasteiger charge is 2.06. The number of nitrogens with one attached hydrogen (secondary N) is 1. The van der Waals surface area contributed by atoms with Crippen LogP contribution >= 0.6 is 11.6 Å².